The van der Waals surface area contributed by atoms with Crippen molar-refractivity contribution in [1.29, 1.82) is 0 Å². The van der Waals surface area contributed by atoms with Gasteiger partial charge < -0.3 is 31.0 Å². The van der Waals surface area contributed by atoms with E-state index in [1.807, 2.05) is 38.1 Å². The van der Waals surface area contributed by atoms with Gasteiger partial charge in [-0.1, -0.05) is 81.5 Å². The Balaban J connectivity index is -0.000000499. The van der Waals surface area contributed by atoms with Gasteiger partial charge in [-0.15, -0.1) is 11.3 Å². The number of nitrogens with zero attached hydrogens (tertiary/aromatic N) is 1. The number of furan rings is 1. The van der Waals surface area contributed by atoms with Crippen molar-refractivity contribution in [2.24, 2.45) is 11.5 Å². The smallest absolute Gasteiger partial charge is 0.371 e. The van der Waals surface area contributed by atoms with Crippen LogP contribution in [0.4, 0.5) is 0 Å². The predicted octanol–water partition coefficient (Wildman–Crippen LogP) is 9.19. The first-order chi connectivity index (χ1) is 17.8. The van der Waals surface area contributed by atoms with Crippen LogP contribution in [0, 0.1) is 0 Å². The fourth-order valence-electron chi connectivity index (χ4n) is 3.25. The van der Waals surface area contributed by atoms with Gasteiger partial charge in [-0.2, -0.15) is 0 Å². The molecule has 0 spiro atoms. The standard InChI is InChI=1S/C9H5BrO3.C9H5BrO2S.C6H14N2.C3H9N.4CH4/c2*10-6-2-1-5-3-8(9(11)12)13-7(5)4-6;1-8-4-2-6(7)3-5-8;1-3(2)4;;;;/h2*1-4H,(H,11,12);6H,2-5,7H2,1H3;3H,4H2,1-2H3;4*1H4. The predicted molar refractivity (Wildman–Crippen MR) is 188 cm³/mol. The van der Waals surface area contributed by atoms with Crippen LogP contribution in [0.5, 0.6) is 0 Å². The molecule has 0 atom stereocenters. The van der Waals surface area contributed by atoms with Gasteiger partial charge >= 0.3 is 11.9 Å². The van der Waals surface area contributed by atoms with E-state index in [1.54, 1.807) is 18.2 Å². The summed E-state index contributed by atoms with van der Waals surface area (Å²) >= 11 is 7.90. The van der Waals surface area contributed by atoms with Crippen molar-refractivity contribution in [2.75, 3.05) is 20.1 Å². The van der Waals surface area contributed by atoms with E-state index in [0.717, 1.165) is 24.4 Å². The summed E-state index contributed by atoms with van der Waals surface area (Å²) in [6.45, 7) is 6.25. The van der Waals surface area contributed by atoms with Gasteiger partial charge in [-0.3, -0.25) is 0 Å². The largest absolute Gasteiger partial charge is 0.477 e. The molecule has 0 amide bonds. The molecule has 1 fully saturated rings. The van der Waals surface area contributed by atoms with Gasteiger partial charge in [0.25, 0.3) is 0 Å². The van der Waals surface area contributed by atoms with E-state index in [0.29, 0.717) is 22.5 Å². The highest BCUT2D eigenvalue weighted by molar-refractivity contribution is 9.10. The van der Waals surface area contributed by atoms with Crippen LogP contribution in [0.1, 0.15) is 76.6 Å². The number of fused-ring (bicyclic) bond motifs is 2. The van der Waals surface area contributed by atoms with Crippen molar-refractivity contribution in [3.8, 4) is 0 Å². The molecule has 0 aliphatic carbocycles. The lowest BCUT2D eigenvalue weighted by atomic mass is 10.1. The maximum atomic E-state index is 10.7. The second kappa shape index (κ2) is 21.4. The minimum absolute atomic E-state index is 0. The van der Waals surface area contributed by atoms with E-state index in [9.17, 15) is 9.59 Å². The minimum Gasteiger partial charge on any atom is -0.477 e. The number of aromatic carboxylic acids is 2. The van der Waals surface area contributed by atoms with Crippen LogP contribution in [-0.2, 0) is 0 Å². The molecular formula is C31H49Br2N3O5S. The van der Waals surface area contributed by atoms with Crippen molar-refractivity contribution >= 4 is 76.2 Å². The molecule has 5 rings (SSSR count). The average Bonchev–Trinajstić information content (AvgIpc) is 3.45. The Morgan fingerprint density at radius 1 is 0.905 bits per heavy atom. The summed E-state index contributed by atoms with van der Waals surface area (Å²) in [5.41, 5.74) is 11.4. The maximum absolute atomic E-state index is 10.7. The van der Waals surface area contributed by atoms with Gasteiger partial charge in [0.1, 0.15) is 10.5 Å². The van der Waals surface area contributed by atoms with Crippen molar-refractivity contribution in [1.82, 2.24) is 4.90 Å². The number of halogens is 2. The summed E-state index contributed by atoms with van der Waals surface area (Å²) < 4.78 is 7.91. The highest BCUT2D eigenvalue weighted by Crippen LogP contribution is 2.28. The summed E-state index contributed by atoms with van der Waals surface area (Å²) in [5, 5.41) is 19.2. The Labute approximate surface area is 272 Å². The third kappa shape index (κ3) is 15.3. The number of nitrogens with two attached hydrogens (primary N) is 2. The number of rotatable bonds is 2. The van der Waals surface area contributed by atoms with Gasteiger partial charge in [0, 0.05) is 25.1 Å². The van der Waals surface area contributed by atoms with Crippen LogP contribution in [0.25, 0.3) is 21.1 Å². The molecule has 3 heterocycles. The van der Waals surface area contributed by atoms with Gasteiger partial charge in [-0.25, -0.2) is 9.59 Å². The first-order valence-electron chi connectivity index (χ1n) is 11.9. The summed E-state index contributed by atoms with van der Waals surface area (Å²) in [4.78, 5) is 23.9. The zero-order valence-electron chi connectivity index (χ0n) is 21.5. The van der Waals surface area contributed by atoms with Gasteiger partial charge in [0.2, 0.25) is 5.76 Å². The summed E-state index contributed by atoms with van der Waals surface area (Å²) in [6.07, 6.45) is 2.35. The van der Waals surface area contributed by atoms with Gasteiger partial charge in [0.15, 0.2) is 0 Å². The van der Waals surface area contributed by atoms with E-state index in [4.69, 9.17) is 26.1 Å². The molecule has 8 nitrogen and oxygen atoms in total. The van der Waals surface area contributed by atoms with Crippen LogP contribution < -0.4 is 11.5 Å². The summed E-state index contributed by atoms with van der Waals surface area (Å²) in [6, 6.07) is 15.1. The Bertz CT molecular complexity index is 1250. The maximum Gasteiger partial charge on any atom is 0.371 e. The number of benzene rings is 2. The highest BCUT2D eigenvalue weighted by atomic mass is 79.9. The summed E-state index contributed by atoms with van der Waals surface area (Å²) in [5.74, 6) is -1.95. The van der Waals surface area contributed by atoms with Crippen molar-refractivity contribution in [2.45, 2.75) is 68.5 Å². The third-order valence-corrected chi connectivity index (χ3v) is 7.22. The quantitative estimate of drug-likeness (QED) is 0.160. The molecule has 2 aromatic heterocycles. The van der Waals surface area contributed by atoms with E-state index in [1.165, 1.54) is 43.3 Å². The van der Waals surface area contributed by atoms with E-state index in [2.05, 4.69) is 43.8 Å². The van der Waals surface area contributed by atoms with Crippen molar-refractivity contribution in [3.05, 3.63) is 68.1 Å². The number of hydrogen-bond acceptors (Lipinski definition) is 7. The molecule has 0 bridgehead atoms. The first-order valence-corrected chi connectivity index (χ1v) is 14.3. The fourth-order valence-corrected chi connectivity index (χ4v) is 5.04. The SMILES string of the molecule is C.C.C.C.CC(C)N.CN1CCC(N)CC1.O=C(O)c1cc2ccc(Br)cc2o1.O=C(O)c1cc2ccc(Br)cc2s1. The second-order valence-electron chi connectivity index (χ2n) is 9.08. The number of thiophene rings is 1. The molecule has 2 aromatic carbocycles. The van der Waals surface area contributed by atoms with Crippen LogP contribution in [0.15, 0.2) is 61.9 Å². The normalized spacial score (nSPS) is 12.4. The van der Waals surface area contributed by atoms with E-state index in [-0.39, 0.29) is 35.5 Å². The van der Waals surface area contributed by atoms with E-state index < -0.39 is 11.9 Å². The number of likely N-dealkylation sites (tertiary alicyclic amines) is 1. The number of carboxylic acids is 2. The average molecular weight is 736 g/mol. The highest BCUT2D eigenvalue weighted by Gasteiger charge is 2.11. The molecule has 1 aliphatic heterocycles. The minimum atomic E-state index is -1.05. The monoisotopic (exact) mass is 733 g/mol. The first kappa shape index (κ1) is 44.2. The lowest BCUT2D eigenvalue weighted by Crippen LogP contribution is -2.37. The lowest BCUT2D eigenvalue weighted by molar-refractivity contribution is 0.0662. The molecule has 238 valence electrons. The fraction of sp³-hybridized carbons (Fsp3) is 0.419. The molecule has 4 aromatic rings. The molecule has 0 saturated carbocycles. The number of piperidine rings is 1. The molecular weight excluding hydrogens is 686 g/mol. The molecule has 42 heavy (non-hydrogen) atoms. The van der Waals surface area contributed by atoms with E-state index >= 15 is 0 Å². The zero-order valence-corrected chi connectivity index (χ0v) is 25.5. The molecule has 11 heteroatoms. The van der Waals surface area contributed by atoms with Crippen LogP contribution in [0.3, 0.4) is 0 Å². The lowest BCUT2D eigenvalue weighted by Gasteiger charge is -2.25. The molecule has 0 unspecified atom stereocenters. The number of hydrogen-bond donors (Lipinski definition) is 4. The second-order valence-corrected chi connectivity index (χ2v) is 12.0. The topological polar surface area (TPSA) is 143 Å². The van der Waals surface area contributed by atoms with Crippen LogP contribution in [0.2, 0.25) is 0 Å². The summed E-state index contributed by atoms with van der Waals surface area (Å²) in [7, 11) is 2.14. The van der Waals surface area contributed by atoms with Crippen LogP contribution >= 0.6 is 43.2 Å². The Morgan fingerprint density at radius 2 is 1.40 bits per heavy atom. The Hall–Kier alpha value is -2.28. The molecule has 1 aliphatic rings. The van der Waals surface area contributed by atoms with Crippen LogP contribution in [-0.4, -0.2) is 59.3 Å². The molecule has 1 saturated heterocycles. The van der Waals surface area contributed by atoms with Crippen molar-refractivity contribution in [3.63, 3.8) is 0 Å². The zero-order chi connectivity index (χ0) is 28.4. The molecule has 6 N–H and O–H groups in total. The van der Waals surface area contributed by atoms with Gasteiger partial charge in [-0.05, 0) is 86.9 Å². The Morgan fingerprint density at radius 3 is 1.88 bits per heavy atom. The third-order valence-electron chi connectivity index (χ3n) is 5.15. The Kier molecular flexibility index (Phi) is 22.5. The van der Waals surface area contributed by atoms with Gasteiger partial charge in [0.05, 0.1) is 0 Å². The van der Waals surface area contributed by atoms with Crippen molar-refractivity contribution < 1.29 is 24.2 Å². The number of carbonyl (C=O) groups is 2. The number of carboxylic acid groups (broad SMARTS) is 2. The molecule has 0 radical (unpaired) electrons.